The molecule has 140 valence electrons. The van der Waals surface area contributed by atoms with Crippen molar-refractivity contribution < 1.29 is 9.21 Å². The van der Waals surface area contributed by atoms with Crippen LogP contribution in [0.2, 0.25) is 0 Å². The Hall–Kier alpha value is -2.33. The van der Waals surface area contributed by atoms with Crippen LogP contribution in [0.3, 0.4) is 0 Å². The van der Waals surface area contributed by atoms with Crippen LogP contribution in [0.5, 0.6) is 0 Å². The molecule has 0 N–H and O–H groups in total. The monoisotopic (exact) mass is 362 g/mol. The molecule has 1 unspecified atom stereocenters. The normalized spacial score (nSPS) is 20.9. The van der Waals surface area contributed by atoms with Crippen molar-refractivity contribution in [1.29, 1.82) is 0 Å². The zero-order valence-corrected chi connectivity index (χ0v) is 15.7. The first kappa shape index (κ1) is 16.8. The van der Waals surface area contributed by atoms with Crippen LogP contribution in [0, 0.1) is 0 Å². The summed E-state index contributed by atoms with van der Waals surface area (Å²) in [5.74, 6) is 0.243. The maximum atomic E-state index is 13.1. The molecule has 1 aromatic heterocycles. The zero-order valence-electron chi connectivity index (χ0n) is 15.7. The van der Waals surface area contributed by atoms with Crippen LogP contribution in [0.1, 0.15) is 31.2 Å². The first-order chi connectivity index (χ1) is 13.3. The first-order valence-electron chi connectivity index (χ1n) is 10.2. The van der Waals surface area contributed by atoms with E-state index < -0.39 is 0 Å². The molecule has 1 atom stereocenters. The summed E-state index contributed by atoms with van der Waals surface area (Å²) in [6.45, 7) is 4.32. The summed E-state index contributed by atoms with van der Waals surface area (Å²) in [5, 5.41) is 3.45. The Morgan fingerprint density at radius 1 is 1.04 bits per heavy atom. The molecular formula is C23H26N2O2. The Bertz CT molecular complexity index is 971. The number of rotatable bonds is 4. The van der Waals surface area contributed by atoms with Crippen LogP contribution in [0.4, 0.5) is 0 Å². The minimum absolute atomic E-state index is 0.243. The fraction of sp³-hybridized carbons (Fsp3) is 0.435. The van der Waals surface area contributed by atoms with E-state index in [9.17, 15) is 4.79 Å². The Balaban J connectivity index is 1.39. The van der Waals surface area contributed by atoms with Gasteiger partial charge in [0.15, 0.2) is 0 Å². The number of hydrogen-bond acceptors (Lipinski definition) is 3. The lowest BCUT2D eigenvalue weighted by Gasteiger charge is -2.28. The molecule has 4 heteroatoms. The van der Waals surface area contributed by atoms with Gasteiger partial charge in [-0.2, -0.15) is 0 Å². The molecule has 27 heavy (non-hydrogen) atoms. The summed E-state index contributed by atoms with van der Waals surface area (Å²) in [5.41, 5.74) is 1.88. The van der Waals surface area contributed by atoms with Gasteiger partial charge in [-0.1, -0.05) is 30.3 Å². The maximum absolute atomic E-state index is 13.1. The minimum Gasteiger partial charge on any atom is -0.464 e. The summed E-state index contributed by atoms with van der Waals surface area (Å²) in [6, 6.07) is 12.8. The number of benzene rings is 2. The number of carbonyl (C=O) groups is 1. The zero-order chi connectivity index (χ0) is 18.2. The van der Waals surface area contributed by atoms with Crippen LogP contribution in [-0.4, -0.2) is 47.9 Å². The predicted molar refractivity (Wildman–Crippen MR) is 108 cm³/mol. The van der Waals surface area contributed by atoms with Crippen molar-refractivity contribution in [3.8, 4) is 0 Å². The van der Waals surface area contributed by atoms with Gasteiger partial charge in [0.1, 0.15) is 5.58 Å². The van der Waals surface area contributed by atoms with Gasteiger partial charge in [0, 0.05) is 30.1 Å². The number of carbonyl (C=O) groups excluding carboxylic acids is 1. The van der Waals surface area contributed by atoms with Crippen molar-refractivity contribution in [2.24, 2.45) is 0 Å². The van der Waals surface area contributed by atoms with Crippen LogP contribution in [0.15, 0.2) is 47.1 Å². The predicted octanol–water partition coefficient (Wildman–Crippen LogP) is 4.22. The lowest BCUT2D eigenvalue weighted by Crippen LogP contribution is -2.43. The third-order valence-electron chi connectivity index (χ3n) is 6.25. The van der Waals surface area contributed by atoms with E-state index in [1.54, 1.807) is 6.26 Å². The number of furan rings is 1. The first-order valence-corrected chi connectivity index (χ1v) is 10.2. The van der Waals surface area contributed by atoms with Crippen LogP contribution in [0.25, 0.3) is 21.7 Å². The third kappa shape index (κ3) is 3.12. The van der Waals surface area contributed by atoms with Crippen LogP contribution in [-0.2, 0) is 11.2 Å². The Morgan fingerprint density at radius 3 is 2.78 bits per heavy atom. The molecule has 2 aromatic carbocycles. The smallest absolute Gasteiger partial charge is 0.227 e. The van der Waals surface area contributed by atoms with E-state index in [1.165, 1.54) is 36.7 Å². The molecule has 2 aliphatic heterocycles. The van der Waals surface area contributed by atoms with Crippen molar-refractivity contribution in [3.05, 3.63) is 48.2 Å². The molecule has 0 saturated carbocycles. The highest BCUT2D eigenvalue weighted by molar-refractivity contribution is 6.08. The average molecular weight is 362 g/mol. The van der Waals surface area contributed by atoms with Gasteiger partial charge in [0.05, 0.1) is 12.7 Å². The molecule has 5 rings (SSSR count). The van der Waals surface area contributed by atoms with E-state index in [2.05, 4.69) is 28.0 Å². The number of amides is 1. The quantitative estimate of drug-likeness (QED) is 0.697. The summed E-state index contributed by atoms with van der Waals surface area (Å²) in [7, 11) is 0. The van der Waals surface area contributed by atoms with Gasteiger partial charge in [0.25, 0.3) is 0 Å². The molecule has 4 nitrogen and oxygen atoms in total. The van der Waals surface area contributed by atoms with E-state index in [0.717, 1.165) is 42.5 Å². The van der Waals surface area contributed by atoms with Gasteiger partial charge < -0.3 is 14.2 Å². The second kappa shape index (κ2) is 7.01. The third-order valence-corrected chi connectivity index (χ3v) is 6.25. The molecule has 2 saturated heterocycles. The molecule has 0 aliphatic carbocycles. The van der Waals surface area contributed by atoms with Crippen LogP contribution < -0.4 is 0 Å². The van der Waals surface area contributed by atoms with Crippen molar-refractivity contribution in [3.63, 3.8) is 0 Å². The molecule has 2 fully saturated rings. The van der Waals surface area contributed by atoms with Crippen molar-refractivity contribution in [2.45, 2.75) is 38.1 Å². The Labute approximate surface area is 159 Å². The van der Waals surface area contributed by atoms with Crippen LogP contribution >= 0.6 is 0 Å². The standard InChI is InChI=1S/C23H26N2O2/c26-22(25-13-5-7-19(25)15-24-11-3-4-12-24)14-18-16-27-21-10-9-17-6-1-2-8-20(17)23(18)21/h1-2,6,8-10,16,19H,3-5,7,11-15H2. The van der Waals surface area contributed by atoms with Gasteiger partial charge in [-0.25, -0.2) is 0 Å². The van der Waals surface area contributed by atoms with E-state index >= 15 is 0 Å². The summed E-state index contributed by atoms with van der Waals surface area (Å²) in [4.78, 5) is 17.8. The van der Waals surface area contributed by atoms with Gasteiger partial charge >= 0.3 is 0 Å². The molecule has 2 aliphatic rings. The molecule has 3 aromatic rings. The van der Waals surface area contributed by atoms with Gasteiger partial charge in [-0.05, 0) is 55.6 Å². The molecule has 3 heterocycles. The van der Waals surface area contributed by atoms with Gasteiger partial charge in [-0.15, -0.1) is 0 Å². The van der Waals surface area contributed by atoms with E-state index in [4.69, 9.17) is 4.42 Å². The maximum Gasteiger partial charge on any atom is 0.227 e. The largest absolute Gasteiger partial charge is 0.464 e. The summed E-state index contributed by atoms with van der Waals surface area (Å²) < 4.78 is 5.78. The summed E-state index contributed by atoms with van der Waals surface area (Å²) in [6.07, 6.45) is 7.07. The second-order valence-corrected chi connectivity index (χ2v) is 7.99. The van der Waals surface area contributed by atoms with Crippen molar-refractivity contribution >= 4 is 27.6 Å². The minimum atomic E-state index is 0.243. The number of hydrogen-bond donors (Lipinski definition) is 0. The van der Waals surface area contributed by atoms with Crippen molar-refractivity contribution in [2.75, 3.05) is 26.2 Å². The Morgan fingerprint density at radius 2 is 1.89 bits per heavy atom. The van der Waals surface area contributed by atoms with E-state index in [-0.39, 0.29) is 5.91 Å². The summed E-state index contributed by atoms with van der Waals surface area (Å²) >= 11 is 0. The van der Waals surface area contributed by atoms with Crippen molar-refractivity contribution in [1.82, 2.24) is 9.80 Å². The van der Waals surface area contributed by atoms with E-state index in [1.807, 2.05) is 18.2 Å². The second-order valence-electron chi connectivity index (χ2n) is 7.99. The Kier molecular flexibility index (Phi) is 4.36. The molecular weight excluding hydrogens is 336 g/mol. The van der Waals surface area contributed by atoms with Gasteiger partial charge in [-0.3, -0.25) is 4.79 Å². The molecule has 0 spiro atoms. The van der Waals surface area contributed by atoms with E-state index in [0.29, 0.717) is 12.5 Å². The highest BCUT2D eigenvalue weighted by Crippen LogP contribution is 2.31. The number of likely N-dealkylation sites (tertiary alicyclic amines) is 2. The fourth-order valence-electron chi connectivity index (χ4n) is 4.89. The molecule has 1 amide bonds. The highest BCUT2D eigenvalue weighted by atomic mass is 16.3. The SMILES string of the molecule is O=C(Cc1coc2ccc3ccccc3c12)N1CCCC1CN1CCCC1. The lowest BCUT2D eigenvalue weighted by atomic mass is 10.0. The number of nitrogens with zero attached hydrogens (tertiary/aromatic N) is 2. The fourth-order valence-corrected chi connectivity index (χ4v) is 4.89. The molecule has 0 radical (unpaired) electrons. The van der Waals surface area contributed by atoms with Gasteiger partial charge in [0.2, 0.25) is 5.91 Å². The molecule has 0 bridgehead atoms. The lowest BCUT2D eigenvalue weighted by molar-refractivity contribution is -0.131. The topological polar surface area (TPSA) is 36.7 Å². The average Bonchev–Trinajstić information content (AvgIpc) is 3.43. The highest BCUT2D eigenvalue weighted by Gasteiger charge is 2.31. The number of fused-ring (bicyclic) bond motifs is 3.